The topological polar surface area (TPSA) is 46.3 Å². The van der Waals surface area contributed by atoms with Crippen LogP contribution in [0.15, 0.2) is 16.7 Å². The summed E-state index contributed by atoms with van der Waals surface area (Å²) in [5, 5.41) is 3.49. The standard InChI is InChI=1S/C15H14F4N2O2S/c1-8-12(20-23-13(8)15(17,18)19)10-2-3-11(24-10)14(22)21-6-4-9(16)5-7-21/h2-3,9H,4-7H2,1H3. The normalized spacial score (nSPS) is 16.6. The summed E-state index contributed by atoms with van der Waals surface area (Å²) in [6.07, 6.45) is -4.88. The Kier molecular flexibility index (Phi) is 4.37. The van der Waals surface area contributed by atoms with Gasteiger partial charge in [-0.2, -0.15) is 13.2 Å². The third kappa shape index (κ3) is 3.17. The summed E-state index contributed by atoms with van der Waals surface area (Å²) >= 11 is 1.05. The molecule has 1 fully saturated rings. The fraction of sp³-hybridized carbons (Fsp3) is 0.467. The molecule has 3 heterocycles. The van der Waals surface area contributed by atoms with Gasteiger partial charge in [-0.3, -0.25) is 4.79 Å². The van der Waals surface area contributed by atoms with E-state index in [0.29, 0.717) is 35.7 Å². The van der Waals surface area contributed by atoms with Crippen molar-refractivity contribution in [3.05, 3.63) is 28.3 Å². The third-order valence-corrected chi connectivity index (χ3v) is 5.02. The molecule has 0 unspecified atom stereocenters. The molecule has 0 saturated carbocycles. The predicted molar refractivity (Wildman–Crippen MR) is 79.6 cm³/mol. The average Bonchev–Trinajstić information content (AvgIpc) is 3.13. The second-order valence-electron chi connectivity index (χ2n) is 5.61. The zero-order chi connectivity index (χ0) is 17.5. The van der Waals surface area contributed by atoms with Crippen LogP contribution in [-0.2, 0) is 6.18 Å². The number of hydrogen-bond acceptors (Lipinski definition) is 4. The van der Waals surface area contributed by atoms with E-state index < -0.39 is 18.1 Å². The zero-order valence-electron chi connectivity index (χ0n) is 12.7. The number of rotatable bonds is 2. The number of thiophene rings is 1. The van der Waals surface area contributed by atoms with Crippen molar-refractivity contribution in [1.82, 2.24) is 10.1 Å². The second kappa shape index (κ2) is 6.19. The van der Waals surface area contributed by atoms with Gasteiger partial charge >= 0.3 is 6.18 Å². The molecule has 1 amide bonds. The van der Waals surface area contributed by atoms with Gasteiger partial charge in [-0.25, -0.2) is 4.39 Å². The SMILES string of the molecule is Cc1c(-c2ccc(C(=O)N3CCC(F)CC3)s2)noc1C(F)(F)F. The van der Waals surface area contributed by atoms with E-state index in [1.807, 2.05) is 0 Å². The van der Waals surface area contributed by atoms with Crippen LogP contribution < -0.4 is 0 Å². The van der Waals surface area contributed by atoms with Crippen molar-refractivity contribution < 1.29 is 26.9 Å². The largest absolute Gasteiger partial charge is 0.452 e. The Morgan fingerprint density at radius 3 is 2.58 bits per heavy atom. The molecule has 24 heavy (non-hydrogen) atoms. The molecule has 1 aliphatic rings. The monoisotopic (exact) mass is 362 g/mol. The van der Waals surface area contributed by atoms with Gasteiger partial charge in [-0.1, -0.05) is 5.16 Å². The second-order valence-corrected chi connectivity index (χ2v) is 6.70. The highest BCUT2D eigenvalue weighted by Crippen LogP contribution is 2.38. The van der Waals surface area contributed by atoms with E-state index in [1.165, 1.54) is 6.92 Å². The van der Waals surface area contributed by atoms with Gasteiger partial charge in [0.1, 0.15) is 11.9 Å². The summed E-state index contributed by atoms with van der Waals surface area (Å²) in [4.78, 5) is 14.8. The van der Waals surface area contributed by atoms with Crippen molar-refractivity contribution in [2.75, 3.05) is 13.1 Å². The molecule has 1 aliphatic heterocycles. The fourth-order valence-corrected chi connectivity index (χ4v) is 3.63. The van der Waals surface area contributed by atoms with Crippen LogP contribution in [0.3, 0.4) is 0 Å². The lowest BCUT2D eigenvalue weighted by atomic mass is 10.1. The fourth-order valence-electron chi connectivity index (χ4n) is 2.62. The number of likely N-dealkylation sites (tertiary alicyclic amines) is 1. The van der Waals surface area contributed by atoms with Gasteiger partial charge in [0.25, 0.3) is 5.91 Å². The van der Waals surface area contributed by atoms with E-state index >= 15 is 0 Å². The van der Waals surface area contributed by atoms with Gasteiger partial charge in [-0.05, 0) is 31.9 Å². The number of carbonyl (C=O) groups is 1. The van der Waals surface area contributed by atoms with Crippen LogP contribution in [0.2, 0.25) is 0 Å². The van der Waals surface area contributed by atoms with Crippen LogP contribution >= 0.6 is 11.3 Å². The zero-order valence-corrected chi connectivity index (χ0v) is 13.5. The minimum Gasteiger partial charge on any atom is -0.351 e. The van der Waals surface area contributed by atoms with Crippen molar-refractivity contribution in [3.8, 4) is 10.6 Å². The van der Waals surface area contributed by atoms with E-state index in [0.717, 1.165) is 11.3 Å². The van der Waals surface area contributed by atoms with Gasteiger partial charge in [0.2, 0.25) is 5.76 Å². The van der Waals surface area contributed by atoms with Crippen LogP contribution in [-0.4, -0.2) is 35.2 Å². The van der Waals surface area contributed by atoms with Crippen molar-refractivity contribution in [2.24, 2.45) is 0 Å². The molecule has 4 nitrogen and oxygen atoms in total. The Hall–Kier alpha value is -1.90. The van der Waals surface area contributed by atoms with Crippen LogP contribution in [0.5, 0.6) is 0 Å². The number of hydrogen-bond donors (Lipinski definition) is 0. The molecule has 2 aromatic heterocycles. The molecule has 0 aromatic carbocycles. The predicted octanol–water partition coefficient (Wildman–Crippen LogP) is 4.30. The van der Waals surface area contributed by atoms with Crippen LogP contribution in [0.4, 0.5) is 17.6 Å². The molecule has 0 atom stereocenters. The molecule has 0 spiro atoms. The summed E-state index contributed by atoms with van der Waals surface area (Å²) in [6.45, 7) is 1.96. The maximum absolute atomic E-state index is 13.1. The first-order valence-corrected chi connectivity index (χ1v) is 8.16. The summed E-state index contributed by atoms with van der Waals surface area (Å²) in [7, 11) is 0. The van der Waals surface area contributed by atoms with E-state index in [4.69, 9.17) is 0 Å². The molecule has 0 bridgehead atoms. The lowest BCUT2D eigenvalue weighted by molar-refractivity contribution is -0.156. The molecule has 0 radical (unpaired) electrons. The van der Waals surface area contributed by atoms with Crippen molar-refractivity contribution in [1.29, 1.82) is 0 Å². The Labute approximate surface area is 139 Å². The molecule has 9 heteroatoms. The van der Waals surface area contributed by atoms with Gasteiger partial charge in [-0.15, -0.1) is 11.3 Å². The third-order valence-electron chi connectivity index (χ3n) is 3.94. The van der Waals surface area contributed by atoms with E-state index in [9.17, 15) is 22.4 Å². The van der Waals surface area contributed by atoms with Gasteiger partial charge in [0.05, 0.1) is 9.75 Å². The molecule has 3 rings (SSSR count). The molecule has 2 aromatic rings. The Morgan fingerprint density at radius 1 is 1.33 bits per heavy atom. The van der Waals surface area contributed by atoms with Crippen LogP contribution in [0, 0.1) is 6.92 Å². The van der Waals surface area contributed by atoms with Crippen molar-refractivity contribution in [3.63, 3.8) is 0 Å². The number of alkyl halides is 4. The smallest absolute Gasteiger partial charge is 0.351 e. The van der Waals surface area contributed by atoms with E-state index in [2.05, 4.69) is 9.68 Å². The highest BCUT2D eigenvalue weighted by molar-refractivity contribution is 7.17. The Bertz CT molecular complexity index is 745. The first-order chi connectivity index (χ1) is 11.3. The summed E-state index contributed by atoms with van der Waals surface area (Å²) in [5.74, 6) is -1.38. The number of halogens is 4. The van der Waals surface area contributed by atoms with Gasteiger partial charge < -0.3 is 9.42 Å². The number of carbonyl (C=O) groups excluding carboxylic acids is 1. The quantitative estimate of drug-likeness (QED) is 0.748. The van der Waals surface area contributed by atoms with Crippen molar-refractivity contribution in [2.45, 2.75) is 32.1 Å². The highest BCUT2D eigenvalue weighted by atomic mass is 32.1. The maximum Gasteiger partial charge on any atom is 0.452 e. The van der Waals surface area contributed by atoms with Crippen molar-refractivity contribution >= 4 is 17.2 Å². The molecule has 0 aliphatic carbocycles. The molecule has 0 N–H and O–H groups in total. The molecular formula is C15H14F4N2O2S. The van der Waals surface area contributed by atoms with E-state index in [1.54, 1.807) is 17.0 Å². The molecule has 130 valence electrons. The lowest BCUT2D eigenvalue weighted by Crippen LogP contribution is -2.38. The van der Waals surface area contributed by atoms with Gasteiger partial charge in [0, 0.05) is 18.7 Å². The molecular weight excluding hydrogens is 348 g/mol. The number of amides is 1. The van der Waals surface area contributed by atoms with E-state index in [-0.39, 0.29) is 17.2 Å². The summed E-state index contributed by atoms with van der Waals surface area (Å²) in [6, 6.07) is 3.09. The Balaban J connectivity index is 1.81. The summed E-state index contributed by atoms with van der Waals surface area (Å²) in [5.41, 5.74) is -0.0320. The first-order valence-electron chi connectivity index (χ1n) is 7.34. The average molecular weight is 362 g/mol. The first kappa shape index (κ1) is 16.9. The number of nitrogens with zero attached hydrogens (tertiary/aromatic N) is 2. The number of aromatic nitrogens is 1. The lowest BCUT2D eigenvalue weighted by Gasteiger charge is -2.28. The highest BCUT2D eigenvalue weighted by Gasteiger charge is 2.39. The minimum absolute atomic E-state index is 0.0776. The van der Waals surface area contributed by atoms with Crippen LogP contribution in [0.25, 0.3) is 10.6 Å². The Morgan fingerprint density at radius 2 is 2.00 bits per heavy atom. The summed E-state index contributed by atoms with van der Waals surface area (Å²) < 4.78 is 55.8. The maximum atomic E-state index is 13.1. The van der Waals surface area contributed by atoms with Crippen LogP contribution in [0.1, 0.15) is 33.8 Å². The minimum atomic E-state index is -4.61. The van der Waals surface area contributed by atoms with Gasteiger partial charge in [0.15, 0.2) is 0 Å². The number of piperidine rings is 1. The molecule has 1 saturated heterocycles.